The summed E-state index contributed by atoms with van der Waals surface area (Å²) >= 11 is 0. The third kappa shape index (κ3) is 5.32. The number of rotatable bonds is 4. The number of benzene rings is 2. The van der Waals surface area contributed by atoms with Gasteiger partial charge in [-0.05, 0) is 58.0 Å². The Morgan fingerprint density at radius 2 is 1.21 bits per heavy atom. The van der Waals surface area contributed by atoms with Crippen molar-refractivity contribution < 1.29 is 0 Å². The molecule has 2 aromatic carbocycles. The molecule has 0 N–H and O–H groups in total. The lowest BCUT2D eigenvalue weighted by atomic mass is 9.97. The summed E-state index contributed by atoms with van der Waals surface area (Å²) in [5, 5.41) is 9.15. The molecule has 4 aromatic heterocycles. The Hall–Kier alpha value is -4.38. The van der Waals surface area contributed by atoms with Gasteiger partial charge in [0.25, 0.3) is 0 Å². The second kappa shape index (κ2) is 10.9. The molecule has 0 atom stereocenters. The molecule has 6 aromatic rings. The van der Waals surface area contributed by atoms with Crippen LogP contribution in [0.4, 0.5) is 0 Å². The summed E-state index contributed by atoms with van der Waals surface area (Å²) in [6.45, 7) is 8.85. The number of hydrogen-bond donors (Lipinski definition) is 0. The fourth-order valence-electron chi connectivity index (χ4n) is 4.78. The van der Waals surface area contributed by atoms with E-state index in [0.29, 0.717) is 11.8 Å². The quantitative estimate of drug-likeness (QED) is 0.245. The Labute approximate surface area is 224 Å². The molecular weight excluding hydrogens is 466 g/mol. The van der Waals surface area contributed by atoms with Gasteiger partial charge in [-0.2, -0.15) is 5.10 Å². The smallest absolute Gasteiger partial charge is 0.0739 e. The molecule has 0 saturated carbocycles. The summed E-state index contributed by atoms with van der Waals surface area (Å²) in [6, 6.07) is 21.1. The first kappa shape index (κ1) is 25.3. The van der Waals surface area contributed by atoms with Crippen LogP contribution in [0.5, 0.6) is 0 Å². The third-order valence-electron chi connectivity index (χ3n) is 6.80. The van der Waals surface area contributed by atoms with Crippen LogP contribution in [-0.2, 0) is 7.05 Å². The van der Waals surface area contributed by atoms with Gasteiger partial charge in [0.15, 0.2) is 0 Å². The first-order chi connectivity index (χ1) is 18.4. The van der Waals surface area contributed by atoms with E-state index in [4.69, 9.17) is 0 Å². The van der Waals surface area contributed by atoms with Crippen molar-refractivity contribution >= 4 is 21.5 Å². The fraction of sp³-hybridized carbons (Fsp3) is 0.212. The number of hydrogen-bond acceptors (Lipinski definition) is 4. The van der Waals surface area contributed by atoms with Crippen molar-refractivity contribution in [2.75, 3.05) is 0 Å². The van der Waals surface area contributed by atoms with Crippen LogP contribution >= 0.6 is 0 Å². The summed E-state index contributed by atoms with van der Waals surface area (Å²) in [5.41, 5.74) is 6.76. The molecule has 5 nitrogen and oxygen atoms in total. The van der Waals surface area contributed by atoms with Crippen molar-refractivity contribution in [1.82, 2.24) is 24.7 Å². The normalized spacial score (nSPS) is 11.2. The van der Waals surface area contributed by atoms with E-state index in [1.807, 2.05) is 50.2 Å². The Bertz CT molecular complexity index is 1680. The maximum Gasteiger partial charge on any atom is 0.0739 e. The Morgan fingerprint density at radius 3 is 1.68 bits per heavy atom. The van der Waals surface area contributed by atoms with Crippen LogP contribution in [0.3, 0.4) is 0 Å². The monoisotopic (exact) mass is 499 g/mol. The van der Waals surface area contributed by atoms with Crippen molar-refractivity contribution in [3.8, 4) is 22.5 Å². The summed E-state index contributed by atoms with van der Waals surface area (Å²) in [7, 11) is 1.92. The number of aromatic nitrogens is 5. The second-order valence-corrected chi connectivity index (χ2v) is 10.2. The summed E-state index contributed by atoms with van der Waals surface area (Å²) in [6.07, 6.45) is 11.4. The molecule has 0 unspecified atom stereocenters. The number of pyridine rings is 3. The zero-order valence-corrected chi connectivity index (χ0v) is 22.6. The molecule has 38 heavy (non-hydrogen) atoms. The molecule has 190 valence electrons. The van der Waals surface area contributed by atoms with Crippen LogP contribution in [-0.4, -0.2) is 24.7 Å². The molecule has 6 rings (SSSR count). The number of fused-ring (bicyclic) bond motifs is 2. The molecule has 0 spiro atoms. The highest BCUT2D eigenvalue weighted by molar-refractivity contribution is 5.89. The Morgan fingerprint density at radius 1 is 0.632 bits per heavy atom. The molecule has 0 amide bonds. The summed E-state index contributed by atoms with van der Waals surface area (Å²) in [4.78, 5) is 13.3. The van der Waals surface area contributed by atoms with E-state index in [0.717, 1.165) is 22.5 Å². The molecule has 0 aliphatic heterocycles. The largest absolute Gasteiger partial charge is 0.275 e. The Balaban J connectivity index is 0.000000155. The molecule has 0 bridgehead atoms. The minimum Gasteiger partial charge on any atom is -0.275 e. The van der Waals surface area contributed by atoms with E-state index in [2.05, 4.69) is 96.3 Å². The van der Waals surface area contributed by atoms with Gasteiger partial charge < -0.3 is 0 Å². The van der Waals surface area contributed by atoms with Crippen molar-refractivity contribution in [3.63, 3.8) is 0 Å². The van der Waals surface area contributed by atoms with Gasteiger partial charge in [-0.1, -0.05) is 64.1 Å². The van der Waals surface area contributed by atoms with Gasteiger partial charge in [0, 0.05) is 59.9 Å². The lowest BCUT2D eigenvalue weighted by molar-refractivity contribution is 0.768. The van der Waals surface area contributed by atoms with Gasteiger partial charge in [-0.3, -0.25) is 19.6 Å². The van der Waals surface area contributed by atoms with E-state index in [1.165, 1.54) is 32.7 Å². The first-order valence-corrected chi connectivity index (χ1v) is 13.1. The molecular formula is C33H33N5. The molecule has 5 heteroatoms. The van der Waals surface area contributed by atoms with Crippen molar-refractivity contribution in [2.24, 2.45) is 7.05 Å². The van der Waals surface area contributed by atoms with Gasteiger partial charge in [0.05, 0.1) is 17.6 Å². The molecule has 0 saturated heterocycles. The van der Waals surface area contributed by atoms with Gasteiger partial charge in [0.1, 0.15) is 0 Å². The SMILES string of the molecule is CC(C)c1cccc2cc(-c3cccnc3)ncc12.CC(C)c1cccc2cc(-c3cnn(C)c3)ncc12. The minimum atomic E-state index is 0.509. The number of nitrogens with zero attached hydrogens (tertiary/aromatic N) is 5. The fourth-order valence-corrected chi connectivity index (χ4v) is 4.78. The summed E-state index contributed by atoms with van der Waals surface area (Å²) in [5.74, 6) is 1.02. The van der Waals surface area contributed by atoms with Crippen molar-refractivity contribution in [1.29, 1.82) is 0 Å². The van der Waals surface area contributed by atoms with Crippen molar-refractivity contribution in [2.45, 2.75) is 39.5 Å². The average molecular weight is 500 g/mol. The molecule has 4 heterocycles. The third-order valence-corrected chi connectivity index (χ3v) is 6.80. The van der Waals surface area contributed by atoms with E-state index >= 15 is 0 Å². The van der Waals surface area contributed by atoms with E-state index in [9.17, 15) is 0 Å². The predicted octanol–water partition coefficient (Wildman–Crippen LogP) is 8.18. The van der Waals surface area contributed by atoms with Gasteiger partial charge in [-0.15, -0.1) is 0 Å². The minimum absolute atomic E-state index is 0.509. The standard InChI is InChI=1S/C17H16N2.C16H17N3/c1-12(2)15-7-3-5-13-9-17(19-11-16(13)15)14-6-4-8-18-10-14;1-11(2)14-6-4-5-12-7-16(17-9-15(12)14)13-8-18-19(3)10-13/h3-12H,1-2H3;4-11H,1-3H3. The van der Waals surface area contributed by atoms with E-state index in [1.54, 1.807) is 10.9 Å². The van der Waals surface area contributed by atoms with Crippen LogP contribution in [0.25, 0.3) is 44.1 Å². The highest BCUT2D eigenvalue weighted by Crippen LogP contribution is 2.29. The summed E-state index contributed by atoms with van der Waals surface area (Å²) < 4.78 is 1.80. The predicted molar refractivity (Wildman–Crippen MR) is 157 cm³/mol. The average Bonchev–Trinajstić information content (AvgIpc) is 3.38. The van der Waals surface area contributed by atoms with E-state index in [-0.39, 0.29) is 0 Å². The Kier molecular flexibility index (Phi) is 7.27. The van der Waals surface area contributed by atoms with Gasteiger partial charge in [0.2, 0.25) is 0 Å². The highest BCUT2D eigenvalue weighted by atomic mass is 15.2. The lowest BCUT2D eigenvalue weighted by Gasteiger charge is -2.10. The maximum absolute atomic E-state index is 4.58. The van der Waals surface area contributed by atoms with Crippen LogP contribution < -0.4 is 0 Å². The zero-order valence-electron chi connectivity index (χ0n) is 22.6. The van der Waals surface area contributed by atoms with E-state index < -0.39 is 0 Å². The second-order valence-electron chi connectivity index (χ2n) is 10.2. The van der Waals surface area contributed by atoms with Gasteiger partial charge in [-0.25, -0.2) is 0 Å². The zero-order chi connectivity index (χ0) is 26.6. The van der Waals surface area contributed by atoms with Gasteiger partial charge >= 0.3 is 0 Å². The molecule has 0 fully saturated rings. The first-order valence-electron chi connectivity index (χ1n) is 13.1. The van der Waals surface area contributed by atoms with Crippen LogP contribution in [0.1, 0.15) is 50.7 Å². The molecule has 0 aliphatic carbocycles. The highest BCUT2D eigenvalue weighted by Gasteiger charge is 2.09. The van der Waals surface area contributed by atoms with Crippen molar-refractivity contribution in [3.05, 3.63) is 109 Å². The van der Waals surface area contributed by atoms with Crippen LogP contribution in [0.2, 0.25) is 0 Å². The molecule has 0 radical (unpaired) electrons. The molecule has 0 aliphatic rings. The van der Waals surface area contributed by atoms with Crippen LogP contribution in [0, 0.1) is 0 Å². The van der Waals surface area contributed by atoms with Crippen LogP contribution in [0.15, 0.2) is 97.8 Å². The number of aryl methyl sites for hydroxylation is 1. The maximum atomic E-state index is 4.58. The lowest BCUT2D eigenvalue weighted by Crippen LogP contribution is -1.91. The topological polar surface area (TPSA) is 56.5 Å².